The zero-order valence-corrected chi connectivity index (χ0v) is 10.7. The number of hydrogen-bond donors (Lipinski definition) is 0. The van der Waals surface area contributed by atoms with Crippen LogP contribution < -0.4 is 0 Å². The van der Waals surface area contributed by atoms with Crippen LogP contribution in [0.15, 0.2) is 27.8 Å². The quantitative estimate of drug-likeness (QED) is 0.640. The second-order valence-electron chi connectivity index (χ2n) is 4.43. The molecule has 0 amide bonds. The molecule has 0 aliphatic carbocycles. The Bertz CT molecular complexity index is 401. The standard InChI is InChI=1S/C12H15N.Mo/c1-12(2,3)9-8-10-6-4-5-7-11(10)13;/h1,4-7H,8-9H2,2-3H3;/q;+2. The van der Waals surface area contributed by atoms with Crippen molar-refractivity contribution >= 4 is 10.1 Å². The Labute approximate surface area is 93.4 Å². The summed E-state index contributed by atoms with van der Waals surface area (Å²) in [6.07, 6.45) is 2.42. The van der Waals surface area contributed by atoms with E-state index in [-0.39, 0.29) is 17.9 Å². The molecule has 0 atom stereocenters. The second kappa shape index (κ2) is 3.98. The molecule has 14 heavy (non-hydrogen) atoms. The van der Waals surface area contributed by atoms with Crippen LogP contribution in [0.4, 0.5) is 5.69 Å². The molecule has 0 unspecified atom stereocenters. The molecule has 0 aromatic heterocycles. The molecular weight excluding hydrogens is 254 g/mol. The first-order valence-corrected chi connectivity index (χ1v) is 7.02. The summed E-state index contributed by atoms with van der Waals surface area (Å²) in [5, 5.41) is 0. The van der Waals surface area contributed by atoms with Crippen molar-refractivity contribution in [1.82, 2.24) is 0 Å². The maximum atomic E-state index is 4.72. The molecule has 72 valence electrons. The van der Waals surface area contributed by atoms with E-state index in [0.717, 1.165) is 6.42 Å². The summed E-state index contributed by atoms with van der Waals surface area (Å²) in [4.78, 5) is 0. The molecule has 1 nitrogen and oxygen atoms in total. The van der Waals surface area contributed by atoms with E-state index < -0.39 is 0 Å². The molecule has 2 heteroatoms. The molecule has 1 aliphatic heterocycles. The van der Waals surface area contributed by atoms with E-state index in [1.807, 2.05) is 0 Å². The van der Waals surface area contributed by atoms with Crippen LogP contribution in [0.2, 0.25) is 0 Å². The van der Waals surface area contributed by atoms with Crippen molar-refractivity contribution < 1.29 is 17.9 Å². The average Bonchev–Trinajstić information content (AvgIpc) is 2.14. The second-order valence-corrected chi connectivity index (χ2v) is 5.98. The summed E-state index contributed by atoms with van der Waals surface area (Å²) < 4.78 is 7.17. The number of aryl methyl sites for hydroxylation is 1. The molecule has 0 spiro atoms. The predicted octanol–water partition coefficient (Wildman–Crippen LogP) is 3.36. The van der Waals surface area contributed by atoms with Crippen LogP contribution in [-0.4, -0.2) is 4.40 Å². The van der Waals surface area contributed by atoms with E-state index in [2.05, 4.69) is 42.5 Å². The van der Waals surface area contributed by atoms with Gasteiger partial charge in [-0.2, -0.15) is 0 Å². The van der Waals surface area contributed by atoms with E-state index in [9.17, 15) is 0 Å². The van der Waals surface area contributed by atoms with E-state index in [4.69, 9.17) is 3.50 Å². The van der Waals surface area contributed by atoms with Gasteiger partial charge < -0.3 is 0 Å². The van der Waals surface area contributed by atoms with Crippen LogP contribution in [-0.2, 0) is 24.3 Å². The van der Waals surface area contributed by atoms with E-state index in [0.29, 0.717) is 5.41 Å². The predicted molar refractivity (Wildman–Crippen MR) is 56.7 cm³/mol. The molecule has 1 aliphatic rings. The topological polar surface area (TPSA) is 12.4 Å². The van der Waals surface area contributed by atoms with Gasteiger partial charge in [0.05, 0.1) is 0 Å². The van der Waals surface area contributed by atoms with E-state index in [1.54, 1.807) is 0 Å². The number of hydrogen-bond acceptors (Lipinski definition) is 1. The Balaban J connectivity index is 2.45. The van der Waals surface area contributed by atoms with Gasteiger partial charge >= 0.3 is 93.4 Å². The van der Waals surface area contributed by atoms with Crippen LogP contribution in [0.3, 0.4) is 0 Å². The van der Waals surface area contributed by atoms with Crippen LogP contribution >= 0.6 is 0 Å². The van der Waals surface area contributed by atoms with Crippen molar-refractivity contribution in [3.63, 3.8) is 0 Å². The van der Waals surface area contributed by atoms with Crippen LogP contribution in [0.5, 0.6) is 0 Å². The number of rotatable bonds is 0. The summed E-state index contributed by atoms with van der Waals surface area (Å²) in [6.45, 7) is 4.64. The molecule has 0 saturated carbocycles. The monoisotopic (exact) mass is 271 g/mol. The number of nitrogens with zero attached hydrogens (tertiary/aromatic N) is 1. The molecule has 0 N–H and O–H groups in total. The van der Waals surface area contributed by atoms with Gasteiger partial charge in [-0.05, 0) is 0 Å². The van der Waals surface area contributed by atoms with Crippen molar-refractivity contribution in [3.05, 3.63) is 29.8 Å². The van der Waals surface area contributed by atoms with Gasteiger partial charge in [0, 0.05) is 0 Å². The van der Waals surface area contributed by atoms with Crippen LogP contribution in [0.1, 0.15) is 25.8 Å². The fourth-order valence-electron chi connectivity index (χ4n) is 1.55. The van der Waals surface area contributed by atoms with Gasteiger partial charge in [-0.1, -0.05) is 0 Å². The first-order chi connectivity index (χ1) is 6.67. The summed E-state index contributed by atoms with van der Waals surface area (Å²) in [6, 6.07) is 8.56. The van der Waals surface area contributed by atoms with Crippen molar-refractivity contribution in [2.75, 3.05) is 0 Å². The summed E-state index contributed by atoms with van der Waals surface area (Å²) in [7, 11) is 0. The Morgan fingerprint density at radius 1 is 1.29 bits per heavy atom. The Morgan fingerprint density at radius 2 is 2.07 bits per heavy atom. The van der Waals surface area contributed by atoms with Crippen molar-refractivity contribution in [1.29, 1.82) is 0 Å². The first kappa shape index (κ1) is 10.1. The van der Waals surface area contributed by atoms with Gasteiger partial charge in [-0.15, -0.1) is 0 Å². The minimum absolute atomic E-state index is 0.284. The summed E-state index contributed by atoms with van der Waals surface area (Å²) in [5.41, 5.74) is 3.06. The third-order valence-electron chi connectivity index (χ3n) is 2.55. The Hall–Kier alpha value is -0.422. The molecule has 1 heterocycles. The Morgan fingerprint density at radius 3 is 2.93 bits per heavy atom. The molecule has 0 saturated heterocycles. The molecule has 1 aromatic rings. The number of fused-ring (bicyclic) bond motifs is 1. The zero-order valence-electron chi connectivity index (χ0n) is 8.66. The van der Waals surface area contributed by atoms with Gasteiger partial charge in [0.15, 0.2) is 0 Å². The third kappa shape index (κ3) is 2.33. The van der Waals surface area contributed by atoms with Crippen molar-refractivity contribution in [2.45, 2.75) is 26.7 Å². The van der Waals surface area contributed by atoms with Gasteiger partial charge in [-0.3, -0.25) is 0 Å². The minimum atomic E-state index is -0.284. The molecule has 0 fully saturated rings. The fraction of sp³-hybridized carbons (Fsp3) is 0.417. The first-order valence-electron chi connectivity index (χ1n) is 4.97. The summed E-state index contributed by atoms with van der Waals surface area (Å²) in [5.74, 6) is 0. The molecule has 2 rings (SSSR count). The molecule has 1 aromatic carbocycles. The third-order valence-corrected chi connectivity index (χ3v) is 5.12. The summed E-state index contributed by atoms with van der Waals surface area (Å²) >= 11 is -0.284. The van der Waals surface area contributed by atoms with Gasteiger partial charge in [0.25, 0.3) is 0 Å². The van der Waals surface area contributed by atoms with Gasteiger partial charge in [0.2, 0.25) is 0 Å². The van der Waals surface area contributed by atoms with E-state index in [1.165, 1.54) is 17.7 Å². The van der Waals surface area contributed by atoms with Crippen molar-refractivity contribution in [3.8, 4) is 0 Å². The van der Waals surface area contributed by atoms with Crippen molar-refractivity contribution in [2.24, 2.45) is 8.91 Å². The van der Waals surface area contributed by atoms with Gasteiger partial charge in [0.1, 0.15) is 0 Å². The van der Waals surface area contributed by atoms with Crippen LogP contribution in [0, 0.1) is 5.41 Å². The van der Waals surface area contributed by atoms with Crippen LogP contribution in [0.25, 0.3) is 0 Å². The SMILES string of the molecule is CC1(C)[CH]=[Mo+2]=[N]c2ccccc2CC1. The molecular formula is C12H15MoN+2. The normalized spacial score (nSPS) is 18.4. The molecule has 0 bridgehead atoms. The Kier molecular flexibility index (Phi) is 2.88. The van der Waals surface area contributed by atoms with Gasteiger partial charge in [-0.25, -0.2) is 0 Å². The fourth-order valence-corrected chi connectivity index (χ4v) is 3.39. The number of benzene rings is 1. The maximum absolute atomic E-state index is 4.72. The average molecular weight is 269 g/mol. The molecule has 0 radical (unpaired) electrons. The van der Waals surface area contributed by atoms with E-state index >= 15 is 0 Å². The zero-order chi connectivity index (χ0) is 10.0.